The Bertz CT molecular complexity index is 889. The van der Waals surface area contributed by atoms with Crippen LogP contribution in [0.15, 0.2) is 47.4 Å². The van der Waals surface area contributed by atoms with Crippen LogP contribution in [0.25, 0.3) is 0 Å². The highest BCUT2D eigenvalue weighted by molar-refractivity contribution is 7.92. The van der Waals surface area contributed by atoms with Crippen LogP contribution in [0, 0.1) is 0 Å². The molecule has 0 aromatic heterocycles. The fourth-order valence-corrected chi connectivity index (χ4v) is 3.02. The summed E-state index contributed by atoms with van der Waals surface area (Å²) in [5.41, 5.74) is 0.674. The van der Waals surface area contributed by atoms with Gasteiger partial charge in [-0.3, -0.25) is 14.3 Å². The normalized spacial score (nSPS) is 10.9. The molecule has 2 aromatic rings. The zero-order valence-electron chi connectivity index (χ0n) is 13.0. The predicted molar refractivity (Wildman–Crippen MR) is 89.7 cm³/mol. The molecule has 0 aliphatic rings. The number of hydrogen-bond acceptors (Lipinski definition) is 5. The summed E-state index contributed by atoms with van der Waals surface area (Å²) in [7, 11) is -3.87. The summed E-state index contributed by atoms with van der Waals surface area (Å²) in [5, 5.41) is 12.1. The third-order valence-corrected chi connectivity index (χ3v) is 4.53. The van der Waals surface area contributed by atoms with Crippen molar-refractivity contribution in [2.45, 2.75) is 18.7 Å². The number of anilines is 2. The zero-order valence-corrected chi connectivity index (χ0v) is 13.8. The van der Waals surface area contributed by atoms with Crippen molar-refractivity contribution in [3.05, 3.63) is 48.0 Å². The van der Waals surface area contributed by atoms with Crippen LogP contribution in [0.4, 0.5) is 11.4 Å². The lowest BCUT2D eigenvalue weighted by Crippen LogP contribution is -2.13. The minimum Gasteiger partial charge on any atom is -0.506 e. The molecular formula is C16H16N2O5S. The largest absolute Gasteiger partial charge is 0.506 e. The van der Waals surface area contributed by atoms with Crippen molar-refractivity contribution in [2.75, 3.05) is 10.0 Å². The molecule has 0 unspecified atom stereocenters. The molecule has 0 aliphatic carbocycles. The van der Waals surface area contributed by atoms with Gasteiger partial charge in [-0.25, -0.2) is 8.42 Å². The molecule has 0 aliphatic heterocycles. The fraction of sp³-hybridized carbons (Fsp3) is 0.125. The molecule has 0 radical (unpaired) electrons. The number of phenolic OH excluding ortho intramolecular Hbond substituents is 1. The van der Waals surface area contributed by atoms with Crippen molar-refractivity contribution >= 4 is 33.1 Å². The van der Waals surface area contributed by atoms with E-state index in [1.807, 2.05) is 0 Å². The highest BCUT2D eigenvalue weighted by atomic mass is 32.2. The standard InChI is InChI=1S/C16H16N2O5S/c1-10(19)12-3-6-14(7-4-12)24(22,23)18-13-5-8-16(21)15(9-13)17-11(2)20/h3-9,18,21H,1-2H3,(H,17,20). The first-order chi connectivity index (χ1) is 11.2. The Morgan fingerprint density at radius 1 is 1.00 bits per heavy atom. The van der Waals surface area contributed by atoms with Gasteiger partial charge in [0.05, 0.1) is 16.3 Å². The van der Waals surface area contributed by atoms with Gasteiger partial charge in [0.1, 0.15) is 5.75 Å². The third-order valence-electron chi connectivity index (χ3n) is 3.13. The van der Waals surface area contributed by atoms with Crippen molar-refractivity contribution < 1.29 is 23.1 Å². The molecule has 0 bridgehead atoms. The van der Waals surface area contributed by atoms with Crippen molar-refractivity contribution in [1.29, 1.82) is 0 Å². The van der Waals surface area contributed by atoms with E-state index in [0.29, 0.717) is 5.56 Å². The van der Waals surface area contributed by atoms with Crippen molar-refractivity contribution in [2.24, 2.45) is 0 Å². The number of Topliss-reactive ketones (excluding diaryl/α,β-unsaturated/α-hetero) is 1. The highest BCUT2D eigenvalue weighted by Gasteiger charge is 2.15. The second-order valence-electron chi connectivity index (χ2n) is 5.10. The summed E-state index contributed by atoms with van der Waals surface area (Å²) in [6, 6.07) is 9.44. The molecule has 0 saturated heterocycles. The second kappa shape index (κ2) is 6.71. The lowest BCUT2D eigenvalue weighted by Gasteiger charge is -2.11. The number of phenols is 1. The molecule has 0 atom stereocenters. The summed E-state index contributed by atoms with van der Waals surface area (Å²) in [5.74, 6) is -0.741. The van der Waals surface area contributed by atoms with Crippen LogP contribution in [0.1, 0.15) is 24.2 Å². The Hall–Kier alpha value is -2.87. The van der Waals surface area contributed by atoms with Crippen LogP contribution < -0.4 is 10.0 Å². The highest BCUT2D eigenvalue weighted by Crippen LogP contribution is 2.28. The summed E-state index contributed by atoms with van der Waals surface area (Å²) < 4.78 is 27.1. The maximum Gasteiger partial charge on any atom is 0.261 e. The first kappa shape index (κ1) is 17.5. The molecule has 8 heteroatoms. The molecule has 0 fully saturated rings. The van der Waals surface area contributed by atoms with Crippen LogP contribution in [0.3, 0.4) is 0 Å². The van der Waals surface area contributed by atoms with Crippen LogP contribution in [0.5, 0.6) is 5.75 Å². The molecule has 0 saturated carbocycles. The second-order valence-corrected chi connectivity index (χ2v) is 6.78. The van der Waals surface area contributed by atoms with Gasteiger partial charge in [-0.15, -0.1) is 0 Å². The number of ketones is 1. The first-order valence-corrected chi connectivity index (χ1v) is 8.42. The van der Waals surface area contributed by atoms with E-state index in [1.54, 1.807) is 0 Å². The molecule has 0 spiro atoms. The van der Waals surface area contributed by atoms with E-state index in [-0.39, 0.29) is 27.8 Å². The van der Waals surface area contributed by atoms with Gasteiger partial charge >= 0.3 is 0 Å². The summed E-state index contributed by atoms with van der Waals surface area (Å²) in [6.45, 7) is 2.66. The summed E-state index contributed by atoms with van der Waals surface area (Å²) >= 11 is 0. The maximum absolute atomic E-state index is 12.4. The Morgan fingerprint density at radius 2 is 1.62 bits per heavy atom. The lowest BCUT2D eigenvalue weighted by molar-refractivity contribution is -0.114. The van der Waals surface area contributed by atoms with Gasteiger partial charge in [0.2, 0.25) is 5.91 Å². The van der Waals surface area contributed by atoms with Crippen molar-refractivity contribution in [3.63, 3.8) is 0 Å². The predicted octanol–water partition coefficient (Wildman–Crippen LogP) is 2.35. The number of hydrogen-bond donors (Lipinski definition) is 3. The zero-order chi connectivity index (χ0) is 17.9. The van der Waals surface area contributed by atoms with Gasteiger partial charge in [0.15, 0.2) is 5.78 Å². The van der Waals surface area contributed by atoms with Gasteiger partial charge in [0.25, 0.3) is 10.0 Å². The number of nitrogens with one attached hydrogen (secondary N) is 2. The number of carbonyl (C=O) groups is 2. The molecular weight excluding hydrogens is 332 g/mol. The molecule has 2 aromatic carbocycles. The monoisotopic (exact) mass is 348 g/mol. The SMILES string of the molecule is CC(=O)Nc1cc(NS(=O)(=O)c2ccc(C(C)=O)cc2)ccc1O. The number of amides is 1. The van der Waals surface area contributed by atoms with E-state index in [4.69, 9.17) is 0 Å². The summed E-state index contributed by atoms with van der Waals surface area (Å²) in [6.07, 6.45) is 0. The molecule has 1 amide bonds. The lowest BCUT2D eigenvalue weighted by atomic mass is 10.2. The van der Waals surface area contributed by atoms with Crippen LogP contribution in [0.2, 0.25) is 0 Å². The van der Waals surface area contributed by atoms with E-state index in [1.165, 1.54) is 56.3 Å². The van der Waals surface area contributed by atoms with E-state index >= 15 is 0 Å². The first-order valence-electron chi connectivity index (χ1n) is 6.93. The molecule has 0 heterocycles. The minimum absolute atomic E-state index is 0.0124. The number of sulfonamides is 1. The molecule has 2 rings (SSSR count). The van der Waals surface area contributed by atoms with Crippen LogP contribution in [-0.2, 0) is 14.8 Å². The number of aromatic hydroxyl groups is 1. The molecule has 7 nitrogen and oxygen atoms in total. The van der Waals surface area contributed by atoms with E-state index < -0.39 is 15.9 Å². The molecule has 24 heavy (non-hydrogen) atoms. The quantitative estimate of drug-likeness (QED) is 0.436. The average molecular weight is 348 g/mol. The Balaban J connectivity index is 2.28. The van der Waals surface area contributed by atoms with Gasteiger partial charge < -0.3 is 10.4 Å². The Labute approximate surface area is 139 Å². The van der Waals surface area contributed by atoms with Gasteiger partial charge in [-0.1, -0.05) is 12.1 Å². The summed E-state index contributed by atoms with van der Waals surface area (Å²) in [4.78, 5) is 22.3. The van der Waals surface area contributed by atoms with Crippen molar-refractivity contribution in [1.82, 2.24) is 0 Å². The van der Waals surface area contributed by atoms with Gasteiger partial charge in [-0.05, 0) is 37.3 Å². The van der Waals surface area contributed by atoms with Crippen molar-refractivity contribution in [3.8, 4) is 5.75 Å². The average Bonchev–Trinajstić information content (AvgIpc) is 2.50. The third kappa shape index (κ3) is 4.11. The Morgan fingerprint density at radius 3 is 2.17 bits per heavy atom. The number of rotatable bonds is 5. The topological polar surface area (TPSA) is 113 Å². The number of benzene rings is 2. The minimum atomic E-state index is -3.87. The van der Waals surface area contributed by atoms with Crippen LogP contribution in [-0.4, -0.2) is 25.2 Å². The molecule has 3 N–H and O–H groups in total. The van der Waals surface area contributed by atoms with Crippen LogP contribution >= 0.6 is 0 Å². The van der Waals surface area contributed by atoms with Gasteiger partial charge in [0, 0.05) is 12.5 Å². The Kier molecular flexibility index (Phi) is 4.89. The number of carbonyl (C=O) groups excluding carboxylic acids is 2. The smallest absolute Gasteiger partial charge is 0.261 e. The fourth-order valence-electron chi connectivity index (χ4n) is 1.97. The maximum atomic E-state index is 12.4. The van der Waals surface area contributed by atoms with E-state index in [2.05, 4.69) is 10.0 Å². The van der Waals surface area contributed by atoms with E-state index in [0.717, 1.165) is 0 Å². The van der Waals surface area contributed by atoms with E-state index in [9.17, 15) is 23.1 Å². The molecule has 126 valence electrons. The van der Waals surface area contributed by atoms with Gasteiger partial charge in [-0.2, -0.15) is 0 Å².